The van der Waals surface area contributed by atoms with E-state index in [-0.39, 0.29) is 6.09 Å². The fourth-order valence-corrected chi connectivity index (χ4v) is 3.46. The molecule has 22 heavy (non-hydrogen) atoms. The van der Waals surface area contributed by atoms with Crippen LogP contribution >= 0.6 is 0 Å². The van der Waals surface area contributed by atoms with Crippen LogP contribution in [0.5, 0.6) is 0 Å². The SMILES string of the molecule is CNC(CCC1CCCO1)C1CCN(C(=O)OC(C)(C)C)C1. The fourth-order valence-electron chi connectivity index (χ4n) is 3.46. The van der Waals surface area contributed by atoms with Gasteiger partial charge in [-0.2, -0.15) is 0 Å². The Balaban J connectivity index is 1.78. The number of likely N-dealkylation sites (tertiary alicyclic amines) is 1. The number of carbonyl (C=O) groups excluding carboxylic acids is 1. The van der Waals surface area contributed by atoms with Gasteiger partial charge in [-0.15, -0.1) is 0 Å². The molecule has 1 N–H and O–H groups in total. The molecule has 2 rings (SSSR count). The second kappa shape index (κ2) is 7.64. The maximum Gasteiger partial charge on any atom is 0.410 e. The highest BCUT2D eigenvalue weighted by molar-refractivity contribution is 5.68. The van der Waals surface area contributed by atoms with Crippen LogP contribution in [0.3, 0.4) is 0 Å². The van der Waals surface area contributed by atoms with E-state index < -0.39 is 5.60 Å². The molecule has 0 aromatic heterocycles. The topological polar surface area (TPSA) is 50.8 Å². The molecule has 0 spiro atoms. The largest absolute Gasteiger partial charge is 0.444 e. The Bertz CT molecular complexity index is 361. The van der Waals surface area contributed by atoms with Gasteiger partial charge in [-0.3, -0.25) is 0 Å². The summed E-state index contributed by atoms with van der Waals surface area (Å²) in [6, 6.07) is 0.455. The molecular formula is C17H32N2O3. The first-order valence-electron chi connectivity index (χ1n) is 8.66. The lowest BCUT2D eigenvalue weighted by atomic mass is 9.93. The highest BCUT2D eigenvalue weighted by atomic mass is 16.6. The van der Waals surface area contributed by atoms with Crippen molar-refractivity contribution < 1.29 is 14.3 Å². The van der Waals surface area contributed by atoms with Crippen molar-refractivity contribution in [2.75, 3.05) is 26.7 Å². The first kappa shape index (κ1) is 17.5. The van der Waals surface area contributed by atoms with Gasteiger partial charge in [0.15, 0.2) is 0 Å². The molecule has 0 aromatic carbocycles. The molecule has 0 bridgehead atoms. The number of carbonyl (C=O) groups is 1. The van der Waals surface area contributed by atoms with Crippen LogP contribution in [0.2, 0.25) is 0 Å². The van der Waals surface area contributed by atoms with E-state index in [1.54, 1.807) is 0 Å². The summed E-state index contributed by atoms with van der Waals surface area (Å²) in [4.78, 5) is 14.0. The zero-order chi connectivity index (χ0) is 16.2. The zero-order valence-corrected chi connectivity index (χ0v) is 14.6. The van der Waals surface area contributed by atoms with E-state index in [4.69, 9.17) is 9.47 Å². The first-order valence-corrected chi connectivity index (χ1v) is 8.66. The standard InChI is InChI=1S/C17H32N2O3/c1-17(2,3)22-16(20)19-10-9-13(12-19)15(18-4)8-7-14-6-5-11-21-14/h13-15,18H,5-12H2,1-4H3. The van der Waals surface area contributed by atoms with E-state index in [2.05, 4.69) is 5.32 Å². The molecule has 2 saturated heterocycles. The lowest BCUT2D eigenvalue weighted by molar-refractivity contribution is 0.0284. The average Bonchev–Trinajstić information content (AvgIpc) is 3.08. The van der Waals surface area contributed by atoms with E-state index in [9.17, 15) is 4.79 Å². The van der Waals surface area contributed by atoms with Crippen molar-refractivity contribution in [3.8, 4) is 0 Å². The summed E-state index contributed by atoms with van der Waals surface area (Å²) < 4.78 is 11.2. The summed E-state index contributed by atoms with van der Waals surface area (Å²) in [6.45, 7) is 8.26. The second-order valence-corrected chi connectivity index (χ2v) is 7.58. The third-order valence-corrected chi connectivity index (χ3v) is 4.64. The normalized spacial score (nSPS) is 27.2. The van der Waals surface area contributed by atoms with Gasteiger partial charge in [-0.05, 0) is 65.8 Å². The summed E-state index contributed by atoms with van der Waals surface area (Å²) in [5, 5.41) is 3.44. The molecule has 2 fully saturated rings. The number of amides is 1. The second-order valence-electron chi connectivity index (χ2n) is 7.58. The molecule has 5 nitrogen and oxygen atoms in total. The lowest BCUT2D eigenvalue weighted by Gasteiger charge is -2.26. The van der Waals surface area contributed by atoms with Crippen molar-refractivity contribution in [1.29, 1.82) is 0 Å². The average molecular weight is 312 g/mol. The van der Waals surface area contributed by atoms with Crippen molar-refractivity contribution in [3.05, 3.63) is 0 Å². The third kappa shape index (κ3) is 5.13. The van der Waals surface area contributed by atoms with E-state index in [0.717, 1.165) is 39.0 Å². The Labute approximate surface area is 134 Å². The van der Waals surface area contributed by atoms with Crippen LogP contribution in [0, 0.1) is 5.92 Å². The third-order valence-electron chi connectivity index (χ3n) is 4.64. The fraction of sp³-hybridized carbons (Fsp3) is 0.941. The number of nitrogens with zero attached hydrogens (tertiary/aromatic N) is 1. The zero-order valence-electron chi connectivity index (χ0n) is 14.6. The van der Waals surface area contributed by atoms with Gasteiger partial charge in [0.05, 0.1) is 6.10 Å². The molecule has 2 heterocycles. The van der Waals surface area contributed by atoms with Crippen LogP contribution < -0.4 is 5.32 Å². The maximum absolute atomic E-state index is 12.1. The van der Waals surface area contributed by atoms with E-state index >= 15 is 0 Å². The molecule has 0 radical (unpaired) electrons. The van der Waals surface area contributed by atoms with Gasteiger partial charge in [0.25, 0.3) is 0 Å². The van der Waals surface area contributed by atoms with Gasteiger partial charge < -0.3 is 19.7 Å². The summed E-state index contributed by atoms with van der Waals surface area (Å²) in [5.41, 5.74) is -0.419. The quantitative estimate of drug-likeness (QED) is 0.848. The lowest BCUT2D eigenvalue weighted by Crippen LogP contribution is -2.39. The molecule has 3 unspecified atom stereocenters. The van der Waals surface area contributed by atoms with Crippen LogP contribution in [-0.2, 0) is 9.47 Å². The van der Waals surface area contributed by atoms with Gasteiger partial charge in [0.2, 0.25) is 0 Å². The monoisotopic (exact) mass is 312 g/mol. The van der Waals surface area contributed by atoms with Crippen molar-refractivity contribution >= 4 is 6.09 Å². The highest BCUT2D eigenvalue weighted by Crippen LogP contribution is 2.26. The Morgan fingerprint density at radius 3 is 2.77 bits per heavy atom. The Kier molecular flexibility index (Phi) is 6.09. The van der Waals surface area contributed by atoms with Crippen molar-refractivity contribution in [2.24, 2.45) is 5.92 Å². The number of hydrogen-bond acceptors (Lipinski definition) is 4. The van der Waals surface area contributed by atoms with Gasteiger partial charge >= 0.3 is 6.09 Å². The predicted octanol–water partition coefficient (Wildman–Crippen LogP) is 2.79. The summed E-state index contributed by atoms with van der Waals surface area (Å²) >= 11 is 0. The van der Waals surface area contributed by atoms with Crippen molar-refractivity contribution in [2.45, 2.75) is 70.6 Å². The molecule has 2 aliphatic heterocycles. The predicted molar refractivity (Wildman–Crippen MR) is 87.0 cm³/mol. The summed E-state index contributed by atoms with van der Waals surface area (Å²) in [6.07, 6.45) is 5.96. The number of hydrogen-bond donors (Lipinski definition) is 1. The molecular weight excluding hydrogens is 280 g/mol. The Morgan fingerprint density at radius 1 is 1.41 bits per heavy atom. The molecule has 0 saturated carbocycles. The van der Waals surface area contributed by atoms with Crippen LogP contribution in [0.15, 0.2) is 0 Å². The molecule has 5 heteroatoms. The van der Waals surface area contributed by atoms with Gasteiger partial charge in [-0.25, -0.2) is 4.79 Å². The number of ether oxygens (including phenoxy) is 2. The minimum absolute atomic E-state index is 0.177. The van der Waals surface area contributed by atoms with E-state index in [0.29, 0.717) is 18.1 Å². The molecule has 0 aliphatic carbocycles. The highest BCUT2D eigenvalue weighted by Gasteiger charge is 2.33. The van der Waals surface area contributed by atoms with Gasteiger partial charge in [-0.1, -0.05) is 0 Å². The summed E-state index contributed by atoms with van der Waals surface area (Å²) in [7, 11) is 2.02. The van der Waals surface area contributed by atoms with Crippen LogP contribution in [0.1, 0.15) is 52.9 Å². The summed E-state index contributed by atoms with van der Waals surface area (Å²) in [5.74, 6) is 0.513. The maximum atomic E-state index is 12.1. The molecule has 128 valence electrons. The van der Waals surface area contributed by atoms with Crippen molar-refractivity contribution in [3.63, 3.8) is 0 Å². The molecule has 2 aliphatic rings. The first-order chi connectivity index (χ1) is 10.4. The van der Waals surface area contributed by atoms with Crippen LogP contribution in [0.4, 0.5) is 4.79 Å². The minimum atomic E-state index is -0.419. The van der Waals surface area contributed by atoms with Crippen molar-refractivity contribution in [1.82, 2.24) is 10.2 Å². The molecule has 1 amide bonds. The van der Waals surface area contributed by atoms with Gasteiger partial charge in [0.1, 0.15) is 5.60 Å². The van der Waals surface area contributed by atoms with E-state index in [1.807, 2.05) is 32.7 Å². The number of nitrogens with one attached hydrogen (secondary N) is 1. The molecule has 0 aromatic rings. The Hall–Kier alpha value is -0.810. The van der Waals surface area contributed by atoms with E-state index in [1.165, 1.54) is 12.8 Å². The van der Waals surface area contributed by atoms with Crippen LogP contribution in [-0.4, -0.2) is 55.5 Å². The van der Waals surface area contributed by atoms with Crippen LogP contribution in [0.25, 0.3) is 0 Å². The minimum Gasteiger partial charge on any atom is -0.444 e. The number of rotatable bonds is 5. The molecule has 3 atom stereocenters. The smallest absolute Gasteiger partial charge is 0.410 e. The van der Waals surface area contributed by atoms with Gasteiger partial charge in [0, 0.05) is 25.7 Å². The Morgan fingerprint density at radius 2 is 2.18 bits per heavy atom.